The maximum atomic E-state index is 12.2. The van der Waals surface area contributed by atoms with Gasteiger partial charge in [0.15, 0.2) is 5.82 Å². The number of anilines is 4. The second kappa shape index (κ2) is 10.5. The van der Waals surface area contributed by atoms with Gasteiger partial charge in [0.2, 0.25) is 17.7 Å². The molecule has 3 aromatic heterocycles. The van der Waals surface area contributed by atoms with Crippen molar-refractivity contribution in [1.82, 2.24) is 24.4 Å². The van der Waals surface area contributed by atoms with E-state index in [4.69, 9.17) is 14.7 Å². The molecule has 1 amide bonds. The number of rotatable bonds is 10. The average Bonchev–Trinajstić information content (AvgIpc) is 3.51. The predicted octanol–water partition coefficient (Wildman–Crippen LogP) is 3.92. The second-order valence-electron chi connectivity index (χ2n) is 9.52. The van der Waals surface area contributed by atoms with Crippen molar-refractivity contribution in [3.63, 3.8) is 0 Å². The van der Waals surface area contributed by atoms with Crippen molar-refractivity contribution in [1.29, 1.82) is 0 Å². The fraction of sp³-hybridized carbons (Fsp3) is 0.286. The summed E-state index contributed by atoms with van der Waals surface area (Å²) in [5.74, 6) is 1.00. The highest BCUT2D eigenvalue weighted by molar-refractivity contribution is 6.01. The Labute approximate surface area is 222 Å². The first-order valence-electron chi connectivity index (χ1n) is 12.5. The number of hydrogen-bond acceptors (Lipinski definition) is 8. The number of amides is 1. The van der Waals surface area contributed by atoms with Crippen LogP contribution in [0.5, 0.6) is 5.88 Å². The molecule has 5 rings (SSSR count). The lowest BCUT2D eigenvalue weighted by molar-refractivity contribution is -0.111. The molecule has 0 saturated heterocycles. The van der Waals surface area contributed by atoms with Crippen LogP contribution in [0.15, 0.2) is 55.4 Å². The number of methoxy groups -OCH3 is 1. The number of benzene rings is 1. The van der Waals surface area contributed by atoms with Crippen LogP contribution in [0.3, 0.4) is 0 Å². The molecule has 1 aromatic carbocycles. The minimum Gasteiger partial charge on any atom is -0.479 e. The minimum atomic E-state index is -0.333. The van der Waals surface area contributed by atoms with Gasteiger partial charge in [-0.25, -0.2) is 9.97 Å². The maximum Gasteiger partial charge on any atom is 0.247 e. The molecule has 2 N–H and O–H groups in total. The Hall–Kier alpha value is -4.44. The highest BCUT2D eigenvalue weighted by Crippen LogP contribution is 2.37. The predicted molar refractivity (Wildman–Crippen MR) is 151 cm³/mol. The molecule has 0 aliphatic carbocycles. The summed E-state index contributed by atoms with van der Waals surface area (Å²) in [4.78, 5) is 30.2. The van der Waals surface area contributed by atoms with Gasteiger partial charge >= 0.3 is 0 Å². The van der Waals surface area contributed by atoms with Gasteiger partial charge in [-0.1, -0.05) is 24.8 Å². The van der Waals surface area contributed by atoms with Crippen LogP contribution in [0, 0.1) is 0 Å². The molecule has 1 aliphatic rings. The van der Waals surface area contributed by atoms with Crippen LogP contribution < -0.4 is 20.3 Å². The van der Waals surface area contributed by atoms with Gasteiger partial charge in [-0.15, -0.1) is 0 Å². The van der Waals surface area contributed by atoms with Gasteiger partial charge in [-0.2, -0.15) is 4.98 Å². The Morgan fingerprint density at radius 3 is 2.79 bits per heavy atom. The van der Waals surface area contributed by atoms with Gasteiger partial charge in [-0.3, -0.25) is 4.79 Å². The SMILES string of the molecule is C=CC(=O)Nc1cc(Nc2nccc(-c3cn4c5c(cccc35)CC4)n2)c(OC)nc1N(C)CCN(C)C. The van der Waals surface area contributed by atoms with E-state index in [-0.39, 0.29) is 5.91 Å². The van der Waals surface area contributed by atoms with Crippen LogP contribution in [0.25, 0.3) is 22.2 Å². The zero-order valence-electron chi connectivity index (χ0n) is 22.2. The van der Waals surface area contributed by atoms with E-state index in [9.17, 15) is 4.79 Å². The summed E-state index contributed by atoms with van der Waals surface area (Å²) in [6, 6.07) is 10.1. The van der Waals surface area contributed by atoms with Gasteiger partial charge in [-0.05, 0) is 44.3 Å². The first-order valence-corrected chi connectivity index (χ1v) is 12.5. The fourth-order valence-corrected chi connectivity index (χ4v) is 4.71. The van der Waals surface area contributed by atoms with Crippen LogP contribution in [-0.4, -0.2) is 71.7 Å². The lowest BCUT2D eigenvalue weighted by Gasteiger charge is -2.24. The standard InChI is InChI=1S/C28H32N8O2/c1-6-24(37)30-22-16-23(27(38-5)33-26(22)35(4)15-14-34(2)3)32-28-29-12-10-21(31-28)20-17-36-13-11-18-8-7-9-19(20)25(18)36/h6-10,12,16-17H,1,11,13-15H2,2-5H3,(H,30,37)(H,29,31,32). The van der Waals surface area contributed by atoms with Crippen LogP contribution in [-0.2, 0) is 17.8 Å². The molecule has 0 fully saturated rings. The van der Waals surface area contributed by atoms with Crippen molar-refractivity contribution in [3.05, 3.63) is 60.9 Å². The summed E-state index contributed by atoms with van der Waals surface area (Å²) in [5.41, 5.74) is 5.57. The van der Waals surface area contributed by atoms with Crippen LogP contribution in [0.2, 0.25) is 0 Å². The van der Waals surface area contributed by atoms with Crippen molar-refractivity contribution >= 4 is 40.0 Å². The first kappa shape index (κ1) is 25.2. The summed E-state index contributed by atoms with van der Waals surface area (Å²) in [6.07, 6.45) is 6.18. The summed E-state index contributed by atoms with van der Waals surface area (Å²) in [6.45, 7) is 6.06. The molecular formula is C28H32N8O2. The molecule has 0 atom stereocenters. The molecule has 196 valence electrons. The summed E-state index contributed by atoms with van der Waals surface area (Å²) in [7, 11) is 7.49. The third-order valence-corrected chi connectivity index (χ3v) is 6.63. The van der Waals surface area contributed by atoms with Crippen LogP contribution in [0.1, 0.15) is 5.56 Å². The Morgan fingerprint density at radius 1 is 1.18 bits per heavy atom. The highest BCUT2D eigenvalue weighted by atomic mass is 16.5. The molecule has 0 saturated carbocycles. The van der Waals surface area contributed by atoms with E-state index < -0.39 is 0 Å². The number of ether oxygens (including phenoxy) is 1. The summed E-state index contributed by atoms with van der Waals surface area (Å²) >= 11 is 0. The van der Waals surface area contributed by atoms with Gasteiger partial charge in [0, 0.05) is 50.0 Å². The Kier molecular flexibility index (Phi) is 6.97. The lowest BCUT2D eigenvalue weighted by atomic mass is 10.1. The van der Waals surface area contributed by atoms with E-state index in [0.717, 1.165) is 30.8 Å². The van der Waals surface area contributed by atoms with Crippen molar-refractivity contribution < 1.29 is 9.53 Å². The number of carbonyl (C=O) groups is 1. The molecule has 10 nitrogen and oxygen atoms in total. The third-order valence-electron chi connectivity index (χ3n) is 6.63. The summed E-state index contributed by atoms with van der Waals surface area (Å²) < 4.78 is 7.91. The Bertz CT molecular complexity index is 1510. The van der Waals surface area contributed by atoms with Gasteiger partial charge in [0.1, 0.15) is 5.69 Å². The van der Waals surface area contributed by atoms with E-state index in [2.05, 4.69) is 56.1 Å². The zero-order valence-corrected chi connectivity index (χ0v) is 22.2. The molecule has 0 bridgehead atoms. The lowest BCUT2D eigenvalue weighted by Crippen LogP contribution is -2.30. The molecule has 0 unspecified atom stereocenters. The van der Waals surface area contributed by atoms with E-state index in [1.54, 1.807) is 19.4 Å². The van der Waals surface area contributed by atoms with E-state index in [1.165, 1.54) is 22.5 Å². The molecule has 1 aliphatic heterocycles. The van der Waals surface area contributed by atoms with E-state index in [0.29, 0.717) is 35.6 Å². The number of aryl methyl sites for hydroxylation is 2. The van der Waals surface area contributed by atoms with Crippen LogP contribution in [0.4, 0.5) is 23.1 Å². The van der Waals surface area contributed by atoms with Gasteiger partial charge in [0.25, 0.3) is 0 Å². The monoisotopic (exact) mass is 512 g/mol. The molecule has 0 radical (unpaired) electrons. The number of likely N-dealkylation sites (N-methyl/N-ethyl adjacent to an activating group) is 2. The minimum absolute atomic E-state index is 0.333. The quantitative estimate of drug-likeness (QED) is 0.309. The van der Waals surface area contributed by atoms with E-state index >= 15 is 0 Å². The number of aromatic nitrogens is 4. The highest BCUT2D eigenvalue weighted by Gasteiger charge is 2.20. The van der Waals surface area contributed by atoms with Crippen molar-refractivity contribution in [2.75, 3.05) is 56.9 Å². The molecular weight excluding hydrogens is 480 g/mol. The number of hydrogen-bond donors (Lipinski definition) is 2. The maximum absolute atomic E-state index is 12.2. The van der Waals surface area contributed by atoms with Crippen molar-refractivity contribution in [3.8, 4) is 17.1 Å². The zero-order chi connectivity index (χ0) is 26.8. The normalized spacial score (nSPS) is 12.1. The summed E-state index contributed by atoms with van der Waals surface area (Å²) in [5, 5.41) is 7.29. The largest absolute Gasteiger partial charge is 0.479 e. The molecule has 0 spiro atoms. The second-order valence-corrected chi connectivity index (χ2v) is 9.52. The van der Waals surface area contributed by atoms with Crippen molar-refractivity contribution in [2.24, 2.45) is 0 Å². The molecule has 38 heavy (non-hydrogen) atoms. The van der Waals surface area contributed by atoms with Crippen molar-refractivity contribution in [2.45, 2.75) is 13.0 Å². The molecule has 4 heterocycles. The van der Waals surface area contributed by atoms with Gasteiger partial charge < -0.3 is 29.7 Å². The first-order chi connectivity index (χ1) is 18.4. The molecule has 4 aromatic rings. The average molecular weight is 513 g/mol. The topological polar surface area (TPSA) is 100 Å². The number of pyridine rings is 1. The number of carbonyl (C=O) groups excluding carboxylic acids is 1. The smallest absolute Gasteiger partial charge is 0.247 e. The third kappa shape index (κ3) is 4.90. The number of para-hydroxylation sites is 1. The Balaban J connectivity index is 1.49. The fourth-order valence-electron chi connectivity index (χ4n) is 4.71. The molecule has 10 heteroatoms. The number of nitrogens with zero attached hydrogens (tertiary/aromatic N) is 6. The van der Waals surface area contributed by atoms with Crippen LogP contribution >= 0.6 is 0 Å². The van der Waals surface area contributed by atoms with Gasteiger partial charge in [0.05, 0.1) is 24.0 Å². The van der Waals surface area contributed by atoms with E-state index in [1.807, 2.05) is 32.1 Å². The Morgan fingerprint density at radius 2 is 2.03 bits per heavy atom. The number of nitrogens with one attached hydrogen (secondary N) is 2.